The molecule has 0 saturated carbocycles. The van der Waals surface area contributed by atoms with E-state index in [2.05, 4.69) is 5.32 Å². The van der Waals surface area contributed by atoms with E-state index in [0.29, 0.717) is 24.9 Å². The number of carbonyl (C=O) groups excluding carboxylic acids is 2. The zero-order chi connectivity index (χ0) is 18.4. The van der Waals surface area contributed by atoms with Gasteiger partial charge < -0.3 is 20.1 Å². The summed E-state index contributed by atoms with van der Waals surface area (Å²) in [6, 6.07) is 6.94. The molecule has 2 amide bonds. The Morgan fingerprint density at radius 3 is 2.56 bits per heavy atom. The predicted molar refractivity (Wildman–Crippen MR) is 90.9 cm³/mol. The molecular weight excluding hydrogens is 324 g/mol. The van der Waals surface area contributed by atoms with Crippen LogP contribution in [0.25, 0.3) is 0 Å². The van der Waals surface area contributed by atoms with Crippen LogP contribution in [0.2, 0.25) is 0 Å². The van der Waals surface area contributed by atoms with Crippen LogP contribution in [0.5, 0.6) is 0 Å². The summed E-state index contributed by atoms with van der Waals surface area (Å²) < 4.78 is 5.11. The second-order valence-electron chi connectivity index (χ2n) is 6.51. The SMILES string of the molecule is CC(C)COC(=O)NC(C(=O)N1CCCC1C(=O)O)c1ccccc1. The molecule has 136 valence electrons. The maximum Gasteiger partial charge on any atom is 0.408 e. The number of nitrogens with one attached hydrogen (secondary N) is 1. The van der Waals surface area contributed by atoms with Gasteiger partial charge in [0.25, 0.3) is 5.91 Å². The van der Waals surface area contributed by atoms with Crippen molar-refractivity contribution in [3.05, 3.63) is 35.9 Å². The fraction of sp³-hybridized carbons (Fsp3) is 0.500. The van der Waals surface area contributed by atoms with Crippen molar-refractivity contribution in [3.8, 4) is 0 Å². The van der Waals surface area contributed by atoms with Gasteiger partial charge in [0.1, 0.15) is 12.1 Å². The molecule has 0 spiro atoms. The summed E-state index contributed by atoms with van der Waals surface area (Å²) in [5.41, 5.74) is 0.588. The Morgan fingerprint density at radius 1 is 1.28 bits per heavy atom. The van der Waals surface area contributed by atoms with Crippen LogP contribution in [0, 0.1) is 5.92 Å². The van der Waals surface area contributed by atoms with Crippen LogP contribution in [0.1, 0.15) is 38.3 Å². The lowest BCUT2D eigenvalue weighted by atomic mass is 10.1. The van der Waals surface area contributed by atoms with Crippen molar-refractivity contribution in [2.45, 2.75) is 38.8 Å². The summed E-state index contributed by atoms with van der Waals surface area (Å²) in [6.45, 7) is 4.43. The molecule has 1 aromatic carbocycles. The van der Waals surface area contributed by atoms with Gasteiger partial charge in [-0.15, -0.1) is 0 Å². The molecule has 2 unspecified atom stereocenters. The van der Waals surface area contributed by atoms with E-state index < -0.39 is 30.1 Å². The number of ether oxygens (including phenoxy) is 1. The first-order chi connectivity index (χ1) is 11.9. The quantitative estimate of drug-likeness (QED) is 0.821. The Morgan fingerprint density at radius 2 is 1.96 bits per heavy atom. The number of benzene rings is 1. The zero-order valence-electron chi connectivity index (χ0n) is 14.5. The highest BCUT2D eigenvalue weighted by molar-refractivity contribution is 5.90. The second kappa shape index (κ2) is 8.50. The number of aliphatic carboxylic acids is 1. The van der Waals surface area contributed by atoms with Gasteiger partial charge in [0, 0.05) is 6.54 Å². The van der Waals surface area contributed by atoms with E-state index in [0.717, 1.165) is 0 Å². The standard InChI is InChI=1S/C18H24N2O5/c1-12(2)11-25-18(24)19-15(13-7-4-3-5-8-13)16(21)20-10-6-9-14(20)17(22)23/h3-5,7-8,12,14-15H,6,9-11H2,1-2H3,(H,19,24)(H,22,23). The smallest absolute Gasteiger partial charge is 0.408 e. The summed E-state index contributed by atoms with van der Waals surface area (Å²) in [4.78, 5) is 37.7. The molecule has 1 fully saturated rings. The lowest BCUT2D eigenvalue weighted by Gasteiger charge is -2.27. The van der Waals surface area contributed by atoms with Gasteiger partial charge in [-0.05, 0) is 24.3 Å². The van der Waals surface area contributed by atoms with Crippen molar-refractivity contribution in [3.63, 3.8) is 0 Å². The van der Waals surface area contributed by atoms with E-state index in [4.69, 9.17) is 4.74 Å². The molecule has 2 N–H and O–H groups in total. The van der Waals surface area contributed by atoms with Gasteiger partial charge in [0.2, 0.25) is 0 Å². The number of hydrogen-bond acceptors (Lipinski definition) is 4. The predicted octanol–water partition coefficient (Wildman–Crippen LogP) is 2.19. The van der Waals surface area contributed by atoms with Crippen LogP contribution < -0.4 is 5.32 Å². The van der Waals surface area contributed by atoms with Crippen molar-refractivity contribution in [1.82, 2.24) is 10.2 Å². The molecule has 0 aliphatic carbocycles. The molecule has 25 heavy (non-hydrogen) atoms. The maximum atomic E-state index is 12.9. The van der Waals surface area contributed by atoms with Crippen molar-refractivity contribution >= 4 is 18.0 Å². The zero-order valence-corrected chi connectivity index (χ0v) is 14.5. The van der Waals surface area contributed by atoms with Crippen molar-refractivity contribution in [2.75, 3.05) is 13.2 Å². The summed E-state index contributed by atoms with van der Waals surface area (Å²) in [7, 11) is 0. The average Bonchev–Trinajstić information content (AvgIpc) is 3.08. The molecule has 1 aliphatic heterocycles. The first kappa shape index (κ1) is 18.8. The van der Waals surface area contributed by atoms with E-state index >= 15 is 0 Å². The Balaban J connectivity index is 2.18. The summed E-state index contributed by atoms with van der Waals surface area (Å²) in [5, 5.41) is 11.9. The van der Waals surface area contributed by atoms with E-state index in [9.17, 15) is 19.5 Å². The fourth-order valence-electron chi connectivity index (χ4n) is 2.79. The van der Waals surface area contributed by atoms with Gasteiger partial charge in [-0.2, -0.15) is 0 Å². The van der Waals surface area contributed by atoms with Crippen molar-refractivity contribution in [2.24, 2.45) is 5.92 Å². The van der Waals surface area contributed by atoms with E-state index in [1.165, 1.54) is 4.90 Å². The highest BCUT2D eigenvalue weighted by Gasteiger charge is 2.38. The topological polar surface area (TPSA) is 95.9 Å². The molecule has 0 aromatic heterocycles. The minimum absolute atomic E-state index is 0.173. The summed E-state index contributed by atoms with van der Waals surface area (Å²) >= 11 is 0. The Kier molecular flexibility index (Phi) is 6.38. The Hall–Kier alpha value is -2.57. The van der Waals surface area contributed by atoms with Crippen LogP contribution >= 0.6 is 0 Å². The number of carbonyl (C=O) groups is 3. The third kappa shape index (κ3) is 4.95. The third-order valence-corrected chi connectivity index (χ3v) is 4.01. The van der Waals surface area contributed by atoms with E-state index in [1.54, 1.807) is 30.3 Å². The van der Waals surface area contributed by atoms with Gasteiger partial charge in [0.15, 0.2) is 0 Å². The molecule has 0 radical (unpaired) electrons. The fourth-order valence-corrected chi connectivity index (χ4v) is 2.79. The van der Waals surface area contributed by atoms with Gasteiger partial charge in [-0.25, -0.2) is 9.59 Å². The second-order valence-corrected chi connectivity index (χ2v) is 6.51. The number of rotatable bonds is 6. The summed E-state index contributed by atoms with van der Waals surface area (Å²) in [5.74, 6) is -1.29. The molecule has 1 aromatic rings. The highest BCUT2D eigenvalue weighted by atomic mass is 16.5. The number of amides is 2. The summed E-state index contributed by atoms with van der Waals surface area (Å²) in [6.07, 6.45) is 0.351. The normalized spacial score (nSPS) is 18.0. The number of alkyl carbamates (subject to hydrolysis) is 1. The molecule has 2 rings (SSSR count). The van der Waals surface area contributed by atoms with Crippen LogP contribution in [-0.2, 0) is 14.3 Å². The molecule has 1 aliphatic rings. The minimum Gasteiger partial charge on any atom is -0.480 e. The van der Waals surface area contributed by atoms with Gasteiger partial charge in [-0.1, -0.05) is 44.2 Å². The van der Waals surface area contributed by atoms with Gasteiger partial charge in [0.05, 0.1) is 6.61 Å². The van der Waals surface area contributed by atoms with Crippen LogP contribution in [-0.4, -0.2) is 47.2 Å². The van der Waals surface area contributed by atoms with Gasteiger partial charge >= 0.3 is 12.1 Å². The van der Waals surface area contributed by atoms with E-state index in [1.807, 2.05) is 13.8 Å². The maximum absolute atomic E-state index is 12.9. The molecule has 2 atom stereocenters. The number of likely N-dealkylation sites (tertiary alicyclic amines) is 1. The van der Waals surface area contributed by atoms with Crippen LogP contribution in [0.4, 0.5) is 4.79 Å². The molecule has 7 heteroatoms. The molecule has 0 bridgehead atoms. The Labute approximate surface area is 147 Å². The third-order valence-electron chi connectivity index (χ3n) is 4.01. The van der Waals surface area contributed by atoms with Gasteiger partial charge in [-0.3, -0.25) is 4.79 Å². The number of hydrogen-bond donors (Lipinski definition) is 2. The number of carboxylic acid groups (broad SMARTS) is 1. The monoisotopic (exact) mass is 348 g/mol. The molecular formula is C18H24N2O5. The molecule has 7 nitrogen and oxygen atoms in total. The minimum atomic E-state index is -1.03. The molecule has 1 heterocycles. The van der Waals surface area contributed by atoms with E-state index in [-0.39, 0.29) is 12.5 Å². The molecule has 1 saturated heterocycles. The first-order valence-corrected chi connectivity index (χ1v) is 8.41. The van der Waals surface area contributed by atoms with Crippen molar-refractivity contribution in [1.29, 1.82) is 0 Å². The largest absolute Gasteiger partial charge is 0.480 e. The van der Waals surface area contributed by atoms with Crippen LogP contribution in [0.3, 0.4) is 0 Å². The lowest BCUT2D eigenvalue weighted by Crippen LogP contribution is -2.47. The number of carboxylic acids is 1. The first-order valence-electron chi connectivity index (χ1n) is 8.41. The Bertz CT molecular complexity index is 617. The van der Waals surface area contributed by atoms with Crippen molar-refractivity contribution < 1.29 is 24.2 Å². The number of nitrogens with zero attached hydrogens (tertiary/aromatic N) is 1. The highest BCUT2D eigenvalue weighted by Crippen LogP contribution is 2.24. The van der Waals surface area contributed by atoms with Crippen LogP contribution in [0.15, 0.2) is 30.3 Å². The average molecular weight is 348 g/mol. The lowest BCUT2D eigenvalue weighted by molar-refractivity contribution is -0.149.